The van der Waals surface area contributed by atoms with Crippen molar-refractivity contribution in [2.24, 2.45) is 5.73 Å². The van der Waals surface area contributed by atoms with Crippen molar-refractivity contribution >= 4 is 0 Å². The molecule has 1 aromatic rings. The van der Waals surface area contributed by atoms with Crippen molar-refractivity contribution in [2.75, 3.05) is 13.2 Å². The maximum atomic E-state index is 5.90. The first kappa shape index (κ1) is 6.69. The van der Waals surface area contributed by atoms with Crippen LogP contribution in [0.25, 0.3) is 0 Å². The molecule has 11 heavy (non-hydrogen) atoms. The summed E-state index contributed by atoms with van der Waals surface area (Å²) >= 11 is 0. The van der Waals surface area contributed by atoms with Crippen molar-refractivity contribution in [2.45, 2.75) is 5.54 Å². The van der Waals surface area contributed by atoms with Crippen molar-refractivity contribution in [1.29, 1.82) is 0 Å². The summed E-state index contributed by atoms with van der Waals surface area (Å²) in [4.78, 5) is 8.04. The minimum atomic E-state index is -0.381. The number of nitrogens with two attached hydrogens (primary N) is 1. The third-order valence-electron chi connectivity index (χ3n) is 1.79. The Bertz CT molecular complexity index is 245. The predicted molar refractivity (Wildman–Crippen MR) is 38.7 cm³/mol. The second-order valence-corrected chi connectivity index (χ2v) is 2.74. The zero-order valence-electron chi connectivity index (χ0n) is 6.03. The summed E-state index contributed by atoms with van der Waals surface area (Å²) in [7, 11) is 0. The highest BCUT2D eigenvalue weighted by molar-refractivity contribution is 5.13. The van der Waals surface area contributed by atoms with Crippen LogP contribution in [0.1, 0.15) is 5.69 Å². The molecule has 4 heteroatoms. The third kappa shape index (κ3) is 1.00. The average Bonchev–Trinajstić information content (AvgIpc) is 2.02. The van der Waals surface area contributed by atoms with E-state index in [1.54, 1.807) is 18.6 Å². The topological polar surface area (TPSA) is 61.0 Å². The zero-order valence-corrected chi connectivity index (χ0v) is 6.03. The Balaban J connectivity index is 2.29. The van der Waals surface area contributed by atoms with Gasteiger partial charge in [0.2, 0.25) is 0 Å². The van der Waals surface area contributed by atoms with Gasteiger partial charge in [-0.1, -0.05) is 0 Å². The molecule has 2 N–H and O–H groups in total. The molecule has 1 aliphatic rings. The molecule has 0 radical (unpaired) electrons. The van der Waals surface area contributed by atoms with E-state index < -0.39 is 0 Å². The Kier molecular flexibility index (Phi) is 1.37. The van der Waals surface area contributed by atoms with Crippen LogP contribution >= 0.6 is 0 Å². The van der Waals surface area contributed by atoms with Gasteiger partial charge < -0.3 is 10.5 Å². The van der Waals surface area contributed by atoms with Crippen molar-refractivity contribution in [1.82, 2.24) is 9.97 Å². The average molecular weight is 151 g/mol. The van der Waals surface area contributed by atoms with E-state index in [2.05, 4.69) is 9.97 Å². The van der Waals surface area contributed by atoms with E-state index in [0.717, 1.165) is 5.69 Å². The number of rotatable bonds is 1. The fraction of sp³-hybridized carbons (Fsp3) is 0.429. The lowest BCUT2D eigenvalue weighted by molar-refractivity contribution is -0.0592. The molecule has 1 aromatic heterocycles. The lowest BCUT2D eigenvalue weighted by atomic mass is 9.95. The van der Waals surface area contributed by atoms with Gasteiger partial charge in [-0.05, 0) is 0 Å². The molecular formula is C7H9N3O. The fourth-order valence-corrected chi connectivity index (χ4v) is 1.03. The first-order valence-electron chi connectivity index (χ1n) is 3.44. The molecule has 0 spiro atoms. The van der Waals surface area contributed by atoms with Crippen molar-refractivity contribution in [3.8, 4) is 0 Å². The first-order chi connectivity index (χ1) is 5.31. The fourth-order valence-electron chi connectivity index (χ4n) is 1.03. The Morgan fingerprint density at radius 3 is 2.73 bits per heavy atom. The maximum Gasteiger partial charge on any atom is 0.107 e. The minimum absolute atomic E-state index is 0.381. The zero-order chi connectivity index (χ0) is 7.73. The van der Waals surface area contributed by atoms with Crippen LogP contribution in [0.4, 0.5) is 0 Å². The molecule has 0 bridgehead atoms. The Morgan fingerprint density at radius 2 is 2.27 bits per heavy atom. The smallest absolute Gasteiger partial charge is 0.107 e. The summed E-state index contributed by atoms with van der Waals surface area (Å²) in [6.07, 6.45) is 4.96. The van der Waals surface area contributed by atoms with Crippen LogP contribution in [0, 0.1) is 0 Å². The van der Waals surface area contributed by atoms with Crippen molar-refractivity contribution in [3.05, 3.63) is 24.3 Å². The van der Waals surface area contributed by atoms with Crippen LogP contribution in [0.2, 0.25) is 0 Å². The van der Waals surface area contributed by atoms with Gasteiger partial charge in [0, 0.05) is 12.4 Å². The second-order valence-electron chi connectivity index (χ2n) is 2.74. The molecule has 1 aliphatic heterocycles. The molecule has 1 fully saturated rings. The predicted octanol–water partition coefficient (Wildman–Crippen LogP) is -0.339. The van der Waals surface area contributed by atoms with Gasteiger partial charge in [0.1, 0.15) is 5.54 Å². The van der Waals surface area contributed by atoms with Crippen LogP contribution < -0.4 is 5.73 Å². The molecule has 1 saturated heterocycles. The molecular weight excluding hydrogens is 142 g/mol. The Morgan fingerprint density at radius 1 is 1.45 bits per heavy atom. The van der Waals surface area contributed by atoms with Gasteiger partial charge in [0.15, 0.2) is 0 Å². The molecule has 0 atom stereocenters. The van der Waals surface area contributed by atoms with Gasteiger partial charge in [0.25, 0.3) is 0 Å². The van der Waals surface area contributed by atoms with E-state index in [1.165, 1.54) is 0 Å². The van der Waals surface area contributed by atoms with Crippen LogP contribution in [0.15, 0.2) is 18.6 Å². The van der Waals surface area contributed by atoms with E-state index in [9.17, 15) is 0 Å². The highest BCUT2D eigenvalue weighted by Crippen LogP contribution is 2.23. The monoisotopic (exact) mass is 151 g/mol. The molecule has 0 aromatic carbocycles. The SMILES string of the molecule is NC1(c2cnccn2)COC1. The highest BCUT2D eigenvalue weighted by atomic mass is 16.5. The van der Waals surface area contributed by atoms with Gasteiger partial charge in [-0.15, -0.1) is 0 Å². The van der Waals surface area contributed by atoms with Gasteiger partial charge >= 0.3 is 0 Å². The van der Waals surface area contributed by atoms with E-state index in [0.29, 0.717) is 13.2 Å². The quantitative estimate of drug-likeness (QED) is 0.596. The highest BCUT2D eigenvalue weighted by Gasteiger charge is 2.37. The van der Waals surface area contributed by atoms with Crippen LogP contribution in [-0.2, 0) is 10.3 Å². The van der Waals surface area contributed by atoms with Crippen molar-refractivity contribution in [3.63, 3.8) is 0 Å². The molecule has 2 rings (SSSR count). The van der Waals surface area contributed by atoms with Gasteiger partial charge in [-0.3, -0.25) is 9.97 Å². The van der Waals surface area contributed by atoms with Gasteiger partial charge in [-0.2, -0.15) is 0 Å². The number of aromatic nitrogens is 2. The molecule has 0 aliphatic carbocycles. The van der Waals surface area contributed by atoms with Crippen LogP contribution in [0.5, 0.6) is 0 Å². The molecule has 0 unspecified atom stereocenters. The molecule has 58 valence electrons. The summed E-state index contributed by atoms with van der Waals surface area (Å²) in [6.45, 7) is 1.09. The van der Waals surface area contributed by atoms with Crippen LogP contribution in [0.3, 0.4) is 0 Å². The summed E-state index contributed by atoms with van der Waals surface area (Å²) in [5.74, 6) is 0. The van der Waals surface area contributed by atoms with E-state index >= 15 is 0 Å². The second kappa shape index (κ2) is 2.25. The number of hydrogen-bond donors (Lipinski definition) is 1. The largest absolute Gasteiger partial charge is 0.377 e. The third-order valence-corrected chi connectivity index (χ3v) is 1.79. The normalized spacial score (nSPS) is 20.8. The van der Waals surface area contributed by atoms with E-state index in [4.69, 9.17) is 10.5 Å². The number of nitrogens with zero attached hydrogens (tertiary/aromatic N) is 2. The minimum Gasteiger partial charge on any atom is -0.377 e. The molecule has 0 saturated carbocycles. The van der Waals surface area contributed by atoms with Crippen molar-refractivity contribution < 1.29 is 4.74 Å². The Labute approximate surface area is 64.4 Å². The molecule has 4 nitrogen and oxygen atoms in total. The molecule has 2 heterocycles. The van der Waals surface area contributed by atoms with Gasteiger partial charge in [0.05, 0.1) is 25.1 Å². The number of hydrogen-bond acceptors (Lipinski definition) is 4. The lowest BCUT2D eigenvalue weighted by Crippen LogP contribution is -2.54. The standard InChI is InChI=1S/C7H9N3O/c8-7(4-11-5-7)6-3-9-1-2-10-6/h1-3H,4-5,8H2. The van der Waals surface area contributed by atoms with E-state index in [1.807, 2.05) is 0 Å². The summed E-state index contributed by atoms with van der Waals surface area (Å²) in [5, 5.41) is 0. The first-order valence-corrected chi connectivity index (χ1v) is 3.44. The number of ether oxygens (including phenoxy) is 1. The van der Waals surface area contributed by atoms with Crippen LogP contribution in [-0.4, -0.2) is 23.2 Å². The summed E-state index contributed by atoms with van der Waals surface area (Å²) in [6, 6.07) is 0. The summed E-state index contributed by atoms with van der Waals surface area (Å²) < 4.78 is 5.00. The van der Waals surface area contributed by atoms with E-state index in [-0.39, 0.29) is 5.54 Å². The Hall–Kier alpha value is -1.00. The summed E-state index contributed by atoms with van der Waals surface area (Å²) in [5.41, 5.74) is 6.33. The lowest BCUT2D eigenvalue weighted by Gasteiger charge is -2.36. The maximum absolute atomic E-state index is 5.90. The van der Waals surface area contributed by atoms with Gasteiger partial charge in [-0.25, -0.2) is 0 Å². The molecule has 0 amide bonds.